The maximum atomic E-state index is 10.9. The van der Waals surface area contributed by atoms with Gasteiger partial charge in [-0.25, -0.2) is 0 Å². The van der Waals surface area contributed by atoms with Crippen LogP contribution in [0.4, 0.5) is 0 Å². The van der Waals surface area contributed by atoms with Crippen molar-refractivity contribution in [2.75, 3.05) is 13.2 Å². The minimum absolute atomic E-state index is 0.0357. The predicted molar refractivity (Wildman–Crippen MR) is 45.5 cm³/mol. The predicted octanol–water partition coefficient (Wildman–Crippen LogP) is 0.382. The first kappa shape index (κ1) is 8.87. The summed E-state index contributed by atoms with van der Waals surface area (Å²) in [5.41, 5.74) is 5.42. The van der Waals surface area contributed by atoms with Gasteiger partial charge in [-0.2, -0.15) is 0 Å². The molecular formula is C7H13NO2S. The molecule has 1 heterocycles. The summed E-state index contributed by atoms with van der Waals surface area (Å²) in [6.45, 7) is 3.22. The van der Waals surface area contributed by atoms with Crippen molar-refractivity contribution in [1.29, 1.82) is 0 Å². The van der Waals surface area contributed by atoms with E-state index in [1.54, 1.807) is 11.8 Å². The van der Waals surface area contributed by atoms with Crippen LogP contribution in [-0.4, -0.2) is 29.6 Å². The van der Waals surface area contributed by atoms with Gasteiger partial charge >= 0.3 is 5.97 Å². The number of hydrogen-bond acceptors (Lipinski definition) is 4. The van der Waals surface area contributed by atoms with Crippen molar-refractivity contribution in [3.8, 4) is 0 Å². The van der Waals surface area contributed by atoms with Crippen LogP contribution in [-0.2, 0) is 9.53 Å². The Balaban J connectivity index is 2.30. The van der Waals surface area contributed by atoms with Crippen LogP contribution in [0.2, 0.25) is 0 Å². The summed E-state index contributed by atoms with van der Waals surface area (Å²) in [6.07, 6.45) is 0.841. The third-order valence-electron chi connectivity index (χ3n) is 1.62. The molecule has 1 aliphatic heterocycles. The normalized spacial score (nSPS) is 26.7. The lowest BCUT2D eigenvalue weighted by Crippen LogP contribution is -2.19. The van der Waals surface area contributed by atoms with E-state index in [1.165, 1.54) is 0 Å². The summed E-state index contributed by atoms with van der Waals surface area (Å²) in [5, 5.41) is 0.388. The second-order valence-corrected chi connectivity index (χ2v) is 4.27. The Morgan fingerprint density at radius 3 is 3.09 bits per heavy atom. The van der Waals surface area contributed by atoms with Crippen LogP contribution in [0, 0.1) is 0 Å². The van der Waals surface area contributed by atoms with E-state index in [0.29, 0.717) is 18.4 Å². The molecule has 1 aliphatic rings. The van der Waals surface area contributed by atoms with Crippen molar-refractivity contribution in [2.24, 2.45) is 5.73 Å². The highest BCUT2D eigenvalue weighted by Crippen LogP contribution is 2.24. The molecule has 0 aromatic rings. The van der Waals surface area contributed by atoms with Crippen LogP contribution in [0.5, 0.6) is 0 Å². The Kier molecular flexibility index (Phi) is 3.20. The van der Waals surface area contributed by atoms with E-state index in [9.17, 15) is 4.79 Å². The largest absolute Gasteiger partial charge is 0.465 e. The Morgan fingerprint density at radius 1 is 1.91 bits per heavy atom. The van der Waals surface area contributed by atoms with Crippen LogP contribution in [0.1, 0.15) is 13.3 Å². The first-order valence-corrected chi connectivity index (χ1v) is 4.70. The minimum Gasteiger partial charge on any atom is -0.465 e. The summed E-state index contributed by atoms with van der Waals surface area (Å²) in [7, 11) is 0. The van der Waals surface area contributed by atoms with Crippen molar-refractivity contribution in [1.82, 2.24) is 0 Å². The molecule has 2 atom stereocenters. The van der Waals surface area contributed by atoms with E-state index in [-0.39, 0.29) is 11.2 Å². The Bertz CT molecular complexity index is 151. The molecule has 0 aromatic carbocycles. The molecule has 0 aromatic heterocycles. The number of thioether (sulfide) groups is 1. The molecule has 2 N–H and O–H groups in total. The van der Waals surface area contributed by atoms with Crippen LogP contribution in [0.25, 0.3) is 0 Å². The molecule has 0 amide bonds. The lowest BCUT2D eigenvalue weighted by molar-refractivity contribution is -0.137. The molecule has 1 fully saturated rings. The maximum Gasteiger partial charge on any atom is 0.319 e. The molecular weight excluding hydrogens is 162 g/mol. The first-order chi connectivity index (χ1) is 5.24. The van der Waals surface area contributed by atoms with Crippen molar-refractivity contribution in [3.63, 3.8) is 0 Å². The quantitative estimate of drug-likeness (QED) is 0.630. The average molecular weight is 175 g/mol. The third kappa shape index (κ3) is 2.38. The molecule has 0 spiro atoms. The summed E-state index contributed by atoms with van der Waals surface area (Å²) in [6, 6.07) is 0. The summed E-state index contributed by atoms with van der Waals surface area (Å²) in [4.78, 5) is 10.9. The molecule has 3 nitrogen and oxygen atoms in total. The van der Waals surface area contributed by atoms with Crippen molar-refractivity contribution in [3.05, 3.63) is 0 Å². The number of esters is 1. The van der Waals surface area contributed by atoms with Gasteiger partial charge in [0, 0.05) is 18.2 Å². The number of rotatable bonds is 3. The van der Waals surface area contributed by atoms with Gasteiger partial charge in [0.1, 0.15) is 5.25 Å². The molecule has 1 rings (SSSR count). The fraction of sp³-hybridized carbons (Fsp3) is 0.857. The van der Waals surface area contributed by atoms with E-state index >= 15 is 0 Å². The zero-order valence-corrected chi connectivity index (χ0v) is 7.39. The van der Waals surface area contributed by atoms with E-state index in [1.807, 2.05) is 6.92 Å². The second-order valence-electron chi connectivity index (χ2n) is 2.63. The lowest BCUT2D eigenvalue weighted by atomic mass is 10.4. The van der Waals surface area contributed by atoms with Crippen LogP contribution < -0.4 is 5.73 Å². The molecule has 1 saturated heterocycles. The number of carbonyl (C=O) groups excluding carboxylic acids is 1. The fourth-order valence-electron chi connectivity index (χ4n) is 0.937. The lowest BCUT2D eigenvalue weighted by Gasteiger charge is -2.10. The van der Waals surface area contributed by atoms with Gasteiger partial charge < -0.3 is 10.5 Å². The van der Waals surface area contributed by atoms with E-state index in [0.717, 1.165) is 6.42 Å². The summed E-state index contributed by atoms with van der Waals surface area (Å²) >= 11 is 1.62. The van der Waals surface area contributed by atoms with Gasteiger partial charge in [-0.3, -0.25) is 4.79 Å². The number of nitrogens with two attached hydrogens (primary N) is 1. The molecule has 0 aliphatic carbocycles. The van der Waals surface area contributed by atoms with Gasteiger partial charge in [-0.05, 0) is 0 Å². The highest BCUT2D eigenvalue weighted by Gasteiger charge is 2.27. The van der Waals surface area contributed by atoms with Crippen LogP contribution in [0.15, 0.2) is 0 Å². The Labute approximate surface area is 70.7 Å². The van der Waals surface area contributed by atoms with Gasteiger partial charge in [0.05, 0.1) is 6.61 Å². The SMILES string of the molecule is CC(CN)SC1CCOC1=O. The van der Waals surface area contributed by atoms with Crippen LogP contribution in [0.3, 0.4) is 0 Å². The van der Waals surface area contributed by atoms with Crippen molar-refractivity contribution in [2.45, 2.75) is 23.8 Å². The number of carbonyl (C=O) groups is 1. The highest BCUT2D eigenvalue weighted by atomic mass is 32.2. The van der Waals surface area contributed by atoms with Gasteiger partial charge in [-0.15, -0.1) is 11.8 Å². The molecule has 2 unspecified atom stereocenters. The zero-order chi connectivity index (χ0) is 8.27. The second kappa shape index (κ2) is 3.97. The highest BCUT2D eigenvalue weighted by molar-refractivity contribution is 8.01. The minimum atomic E-state index is -0.0738. The monoisotopic (exact) mass is 175 g/mol. The van der Waals surface area contributed by atoms with Gasteiger partial charge in [-0.1, -0.05) is 6.92 Å². The fourth-order valence-corrected chi connectivity index (χ4v) is 2.02. The van der Waals surface area contributed by atoms with E-state index in [2.05, 4.69) is 0 Å². The Hall–Kier alpha value is -0.220. The molecule has 4 heteroatoms. The Morgan fingerprint density at radius 2 is 2.64 bits per heavy atom. The van der Waals surface area contributed by atoms with E-state index in [4.69, 9.17) is 10.5 Å². The van der Waals surface area contributed by atoms with Crippen molar-refractivity contribution >= 4 is 17.7 Å². The number of hydrogen-bond donors (Lipinski definition) is 1. The number of cyclic esters (lactones) is 1. The third-order valence-corrected chi connectivity index (χ3v) is 3.03. The molecule has 64 valence electrons. The van der Waals surface area contributed by atoms with Gasteiger partial charge in [0.15, 0.2) is 0 Å². The van der Waals surface area contributed by atoms with Gasteiger partial charge in [0.2, 0.25) is 0 Å². The van der Waals surface area contributed by atoms with Crippen LogP contribution >= 0.6 is 11.8 Å². The summed E-state index contributed by atoms with van der Waals surface area (Å²) in [5.74, 6) is -0.0738. The maximum absolute atomic E-state index is 10.9. The smallest absolute Gasteiger partial charge is 0.319 e. The topological polar surface area (TPSA) is 52.3 Å². The number of ether oxygens (including phenoxy) is 1. The molecule has 0 saturated carbocycles. The van der Waals surface area contributed by atoms with Gasteiger partial charge in [0.25, 0.3) is 0 Å². The van der Waals surface area contributed by atoms with Crippen molar-refractivity contribution < 1.29 is 9.53 Å². The molecule has 0 bridgehead atoms. The zero-order valence-electron chi connectivity index (χ0n) is 6.58. The average Bonchev–Trinajstić information content (AvgIpc) is 2.37. The molecule has 11 heavy (non-hydrogen) atoms. The summed E-state index contributed by atoms with van der Waals surface area (Å²) < 4.78 is 4.81. The molecule has 0 radical (unpaired) electrons. The standard InChI is InChI=1S/C7H13NO2S/c1-5(4-8)11-6-2-3-10-7(6)9/h5-6H,2-4,8H2,1H3. The first-order valence-electron chi connectivity index (χ1n) is 3.76. The van der Waals surface area contributed by atoms with E-state index < -0.39 is 0 Å².